The van der Waals surface area contributed by atoms with Gasteiger partial charge in [0.1, 0.15) is 0 Å². The molecule has 1 aliphatic heterocycles. The monoisotopic (exact) mass is 252 g/mol. The summed E-state index contributed by atoms with van der Waals surface area (Å²) in [6.07, 6.45) is 3.62. The summed E-state index contributed by atoms with van der Waals surface area (Å²) in [7, 11) is 0. The van der Waals surface area contributed by atoms with Gasteiger partial charge in [-0.2, -0.15) is 0 Å². The number of carbonyl (C=O) groups excluding carboxylic acids is 1. The molecule has 18 heavy (non-hydrogen) atoms. The molecule has 2 rings (SSSR count). The summed E-state index contributed by atoms with van der Waals surface area (Å²) in [5.41, 5.74) is -0.0534. The van der Waals surface area contributed by atoms with Crippen LogP contribution in [0.2, 0.25) is 0 Å². The Labute approximate surface area is 103 Å². The molecule has 1 aromatic heterocycles. The molecule has 1 aliphatic rings. The second kappa shape index (κ2) is 5.12. The lowest BCUT2D eigenvalue weighted by Crippen LogP contribution is -2.37. The van der Waals surface area contributed by atoms with E-state index in [-0.39, 0.29) is 18.0 Å². The normalized spacial score (nSPS) is 18.9. The Kier molecular flexibility index (Phi) is 3.55. The van der Waals surface area contributed by atoms with Gasteiger partial charge in [0.2, 0.25) is 0 Å². The number of carboxylic acids is 1. The molecule has 0 saturated carbocycles. The number of aromatic nitrogens is 1. The Morgan fingerprint density at radius 1 is 1.56 bits per heavy atom. The average molecular weight is 252 g/mol. The number of rotatable bonds is 3. The Balaban J connectivity index is 2.18. The number of carbonyl (C=O) groups is 2. The van der Waals surface area contributed by atoms with Gasteiger partial charge in [-0.05, 0) is 18.9 Å². The smallest absolute Gasteiger partial charge is 0.305 e. The van der Waals surface area contributed by atoms with E-state index in [4.69, 9.17) is 5.11 Å². The van der Waals surface area contributed by atoms with Crippen molar-refractivity contribution in [2.75, 3.05) is 6.54 Å². The zero-order chi connectivity index (χ0) is 13.1. The van der Waals surface area contributed by atoms with Crippen LogP contribution >= 0.6 is 0 Å². The van der Waals surface area contributed by atoms with E-state index in [2.05, 4.69) is 4.98 Å². The maximum atomic E-state index is 13.5. The first-order valence-corrected chi connectivity index (χ1v) is 5.72. The summed E-state index contributed by atoms with van der Waals surface area (Å²) in [4.78, 5) is 27.8. The maximum Gasteiger partial charge on any atom is 0.305 e. The van der Waals surface area contributed by atoms with Gasteiger partial charge in [0.25, 0.3) is 5.91 Å². The van der Waals surface area contributed by atoms with E-state index >= 15 is 0 Å². The van der Waals surface area contributed by atoms with E-state index in [1.54, 1.807) is 0 Å². The largest absolute Gasteiger partial charge is 0.481 e. The third-order valence-corrected chi connectivity index (χ3v) is 3.05. The van der Waals surface area contributed by atoms with Gasteiger partial charge in [0, 0.05) is 18.8 Å². The number of pyridine rings is 1. The minimum Gasteiger partial charge on any atom is -0.481 e. The molecule has 1 N–H and O–H groups in total. The second-order valence-electron chi connectivity index (χ2n) is 4.25. The van der Waals surface area contributed by atoms with Gasteiger partial charge < -0.3 is 10.0 Å². The van der Waals surface area contributed by atoms with Crippen molar-refractivity contribution in [1.29, 1.82) is 0 Å². The predicted octanol–water partition coefficient (Wildman–Crippen LogP) is 1.30. The van der Waals surface area contributed by atoms with Gasteiger partial charge in [-0.15, -0.1) is 0 Å². The van der Waals surface area contributed by atoms with E-state index in [1.165, 1.54) is 17.2 Å². The Morgan fingerprint density at radius 3 is 3.00 bits per heavy atom. The summed E-state index contributed by atoms with van der Waals surface area (Å²) in [5, 5.41) is 8.78. The number of halogens is 1. The maximum absolute atomic E-state index is 13.5. The van der Waals surface area contributed by atoms with Gasteiger partial charge in [0.05, 0.1) is 18.2 Å². The highest BCUT2D eigenvalue weighted by Gasteiger charge is 2.31. The molecular formula is C12H13FN2O3. The van der Waals surface area contributed by atoms with Crippen LogP contribution in [-0.2, 0) is 4.79 Å². The van der Waals surface area contributed by atoms with Crippen molar-refractivity contribution in [3.63, 3.8) is 0 Å². The summed E-state index contributed by atoms with van der Waals surface area (Å²) in [5.74, 6) is -2.09. The lowest BCUT2D eigenvalue weighted by Gasteiger charge is -2.23. The number of carboxylic acid groups (broad SMARTS) is 1. The van der Waals surface area contributed by atoms with Crippen molar-refractivity contribution >= 4 is 11.9 Å². The molecule has 1 aromatic rings. The SMILES string of the molecule is O=C(O)CC1CCCN1C(=O)c1ccncc1F. The third-order valence-electron chi connectivity index (χ3n) is 3.05. The van der Waals surface area contributed by atoms with Crippen LogP contribution in [0.1, 0.15) is 29.6 Å². The first kappa shape index (κ1) is 12.5. The molecule has 0 bridgehead atoms. The highest BCUT2D eigenvalue weighted by molar-refractivity contribution is 5.95. The van der Waals surface area contributed by atoms with E-state index < -0.39 is 17.7 Å². The van der Waals surface area contributed by atoms with E-state index in [0.717, 1.165) is 12.6 Å². The molecule has 2 heterocycles. The van der Waals surface area contributed by atoms with Crippen LogP contribution in [0.15, 0.2) is 18.5 Å². The molecule has 96 valence electrons. The fourth-order valence-corrected chi connectivity index (χ4v) is 2.22. The summed E-state index contributed by atoms with van der Waals surface area (Å²) in [6.45, 7) is 0.471. The molecule has 0 spiro atoms. The first-order valence-electron chi connectivity index (χ1n) is 5.72. The highest BCUT2D eigenvalue weighted by Crippen LogP contribution is 2.23. The molecular weight excluding hydrogens is 239 g/mol. The molecule has 0 radical (unpaired) electrons. The third kappa shape index (κ3) is 2.47. The highest BCUT2D eigenvalue weighted by atomic mass is 19.1. The van der Waals surface area contributed by atoms with Crippen molar-refractivity contribution in [1.82, 2.24) is 9.88 Å². The van der Waals surface area contributed by atoms with Gasteiger partial charge >= 0.3 is 5.97 Å². The molecule has 5 nitrogen and oxygen atoms in total. The number of hydrogen-bond acceptors (Lipinski definition) is 3. The number of amides is 1. The van der Waals surface area contributed by atoms with E-state index in [9.17, 15) is 14.0 Å². The summed E-state index contributed by atoms with van der Waals surface area (Å²) < 4.78 is 13.5. The van der Waals surface area contributed by atoms with Crippen LogP contribution in [0.5, 0.6) is 0 Å². The second-order valence-corrected chi connectivity index (χ2v) is 4.25. The van der Waals surface area contributed by atoms with Crippen molar-refractivity contribution in [2.24, 2.45) is 0 Å². The van der Waals surface area contributed by atoms with Gasteiger partial charge in [-0.25, -0.2) is 4.39 Å². The fraction of sp³-hybridized carbons (Fsp3) is 0.417. The Hall–Kier alpha value is -1.98. The van der Waals surface area contributed by atoms with Crippen LogP contribution in [-0.4, -0.2) is 39.5 Å². The topological polar surface area (TPSA) is 70.5 Å². The molecule has 1 saturated heterocycles. The van der Waals surface area contributed by atoms with Crippen LogP contribution in [0.25, 0.3) is 0 Å². The molecule has 1 fully saturated rings. The van der Waals surface area contributed by atoms with Crippen molar-refractivity contribution < 1.29 is 19.1 Å². The zero-order valence-corrected chi connectivity index (χ0v) is 9.67. The first-order chi connectivity index (χ1) is 8.59. The molecule has 6 heteroatoms. The average Bonchev–Trinajstić information content (AvgIpc) is 2.76. The lowest BCUT2D eigenvalue weighted by molar-refractivity contribution is -0.137. The van der Waals surface area contributed by atoms with Crippen molar-refractivity contribution in [2.45, 2.75) is 25.3 Å². The number of nitrogens with zero attached hydrogens (tertiary/aromatic N) is 2. The summed E-state index contributed by atoms with van der Waals surface area (Å²) >= 11 is 0. The van der Waals surface area contributed by atoms with Gasteiger partial charge in [-0.3, -0.25) is 14.6 Å². The number of likely N-dealkylation sites (tertiary alicyclic amines) is 1. The minimum absolute atomic E-state index is 0.0534. The molecule has 1 amide bonds. The quantitative estimate of drug-likeness (QED) is 0.880. The van der Waals surface area contributed by atoms with Crippen molar-refractivity contribution in [3.05, 3.63) is 29.8 Å². The molecule has 1 atom stereocenters. The van der Waals surface area contributed by atoms with Gasteiger partial charge in [0.15, 0.2) is 5.82 Å². The van der Waals surface area contributed by atoms with E-state index in [1.807, 2.05) is 0 Å². The van der Waals surface area contributed by atoms with Crippen LogP contribution in [0.3, 0.4) is 0 Å². The zero-order valence-electron chi connectivity index (χ0n) is 9.67. The fourth-order valence-electron chi connectivity index (χ4n) is 2.22. The molecule has 0 aliphatic carbocycles. The standard InChI is InChI=1S/C12H13FN2O3/c13-10-7-14-4-3-9(10)12(18)15-5-1-2-8(15)6-11(16)17/h3-4,7-8H,1-2,5-6H2,(H,16,17). The minimum atomic E-state index is -0.949. The Bertz CT molecular complexity index is 478. The molecule has 1 unspecified atom stereocenters. The van der Waals surface area contributed by atoms with Crippen LogP contribution in [0.4, 0.5) is 4.39 Å². The Morgan fingerprint density at radius 2 is 2.33 bits per heavy atom. The van der Waals surface area contributed by atoms with Crippen LogP contribution in [0, 0.1) is 5.82 Å². The number of hydrogen-bond donors (Lipinski definition) is 1. The van der Waals surface area contributed by atoms with Crippen LogP contribution < -0.4 is 0 Å². The lowest BCUT2D eigenvalue weighted by atomic mass is 10.1. The van der Waals surface area contributed by atoms with Gasteiger partial charge in [-0.1, -0.05) is 0 Å². The number of aliphatic carboxylic acids is 1. The molecule has 0 aromatic carbocycles. The van der Waals surface area contributed by atoms with E-state index in [0.29, 0.717) is 13.0 Å². The predicted molar refractivity (Wildman–Crippen MR) is 60.5 cm³/mol. The summed E-state index contributed by atoms with van der Waals surface area (Å²) in [6, 6.07) is 0.968. The van der Waals surface area contributed by atoms with Crippen molar-refractivity contribution in [3.8, 4) is 0 Å².